The second-order valence-corrected chi connectivity index (χ2v) is 4.00. The van der Waals surface area contributed by atoms with Gasteiger partial charge in [-0.3, -0.25) is 0 Å². The van der Waals surface area contributed by atoms with Crippen molar-refractivity contribution in [3.8, 4) is 0 Å². The van der Waals surface area contributed by atoms with Gasteiger partial charge >= 0.3 is 18.0 Å². The van der Waals surface area contributed by atoms with Crippen molar-refractivity contribution in [3.05, 3.63) is 11.0 Å². The van der Waals surface area contributed by atoms with Crippen LogP contribution in [0.25, 0.3) is 0 Å². The van der Waals surface area contributed by atoms with Crippen molar-refractivity contribution in [2.75, 3.05) is 20.8 Å². The van der Waals surface area contributed by atoms with Gasteiger partial charge in [-0.15, -0.1) is 9.52 Å². The van der Waals surface area contributed by atoms with Crippen LogP contribution < -0.4 is 0 Å². The molecule has 19 heavy (non-hydrogen) atoms. The first kappa shape index (κ1) is 15.0. The third kappa shape index (κ3) is 3.71. The van der Waals surface area contributed by atoms with E-state index in [9.17, 15) is 14.4 Å². The molecule has 0 aromatic rings. The zero-order chi connectivity index (χ0) is 14.4. The summed E-state index contributed by atoms with van der Waals surface area (Å²) in [6.45, 7) is 1.80. The minimum absolute atomic E-state index is 0.145. The third-order valence-corrected chi connectivity index (χ3v) is 2.77. The van der Waals surface area contributed by atoms with Crippen LogP contribution >= 0.6 is 11.9 Å². The Balaban J connectivity index is 2.98. The highest BCUT2D eigenvalue weighted by Crippen LogP contribution is 2.31. The van der Waals surface area contributed by atoms with Gasteiger partial charge in [0.25, 0.3) is 0 Å². The second kappa shape index (κ2) is 6.78. The maximum absolute atomic E-state index is 11.5. The summed E-state index contributed by atoms with van der Waals surface area (Å²) in [6, 6.07) is 0. The molecular formula is C10H12N2O6S. The number of esters is 2. The van der Waals surface area contributed by atoms with E-state index in [1.807, 2.05) is 0 Å². The lowest BCUT2D eigenvalue weighted by atomic mass is 10.3. The van der Waals surface area contributed by atoms with Crippen LogP contribution in [0.1, 0.15) is 6.92 Å². The van der Waals surface area contributed by atoms with Crippen LogP contribution in [0.2, 0.25) is 0 Å². The molecule has 8 nitrogen and oxygen atoms in total. The van der Waals surface area contributed by atoms with Crippen LogP contribution in [-0.2, 0) is 23.8 Å². The number of carbonyl (C=O) groups excluding carboxylic acids is 3. The largest absolute Gasteiger partial charge is 0.466 e. The van der Waals surface area contributed by atoms with Crippen LogP contribution in [0.4, 0.5) is 4.79 Å². The molecule has 0 aliphatic carbocycles. The van der Waals surface area contributed by atoms with Crippen molar-refractivity contribution in [2.24, 2.45) is 5.10 Å². The lowest BCUT2D eigenvalue weighted by molar-refractivity contribution is -0.134. The molecular weight excluding hydrogens is 276 g/mol. The van der Waals surface area contributed by atoms with Crippen LogP contribution in [0.15, 0.2) is 16.1 Å². The normalized spacial score (nSPS) is 16.1. The van der Waals surface area contributed by atoms with E-state index in [4.69, 9.17) is 4.74 Å². The summed E-state index contributed by atoms with van der Waals surface area (Å²) in [5.74, 6) is -1.45. The van der Waals surface area contributed by atoms with E-state index in [2.05, 4.69) is 14.6 Å². The fourth-order valence-corrected chi connectivity index (χ4v) is 1.85. The zero-order valence-corrected chi connectivity index (χ0v) is 11.4. The molecule has 0 bridgehead atoms. The van der Waals surface area contributed by atoms with Crippen molar-refractivity contribution in [1.29, 1.82) is 0 Å². The van der Waals surface area contributed by atoms with E-state index in [0.29, 0.717) is 0 Å². The number of rotatable bonds is 3. The lowest BCUT2D eigenvalue weighted by Gasteiger charge is -2.08. The fourth-order valence-electron chi connectivity index (χ4n) is 1.05. The molecule has 1 aliphatic rings. The van der Waals surface area contributed by atoms with E-state index in [-0.39, 0.29) is 17.2 Å². The Kier molecular flexibility index (Phi) is 5.37. The van der Waals surface area contributed by atoms with E-state index < -0.39 is 18.0 Å². The van der Waals surface area contributed by atoms with Crippen molar-refractivity contribution in [1.82, 2.24) is 4.41 Å². The topological polar surface area (TPSA) is 94.5 Å². The minimum atomic E-state index is -0.769. The second-order valence-electron chi connectivity index (χ2n) is 3.04. The van der Waals surface area contributed by atoms with Crippen LogP contribution in [-0.4, -0.2) is 49.0 Å². The Bertz CT molecular complexity index is 459. The highest BCUT2D eigenvalue weighted by molar-refractivity contribution is 8.02. The minimum Gasteiger partial charge on any atom is -0.466 e. The number of amides is 1. The first-order valence-corrected chi connectivity index (χ1v) is 5.92. The Morgan fingerprint density at radius 1 is 1.32 bits per heavy atom. The quantitative estimate of drug-likeness (QED) is 0.326. The van der Waals surface area contributed by atoms with Gasteiger partial charge in [0.2, 0.25) is 0 Å². The highest BCUT2D eigenvalue weighted by Gasteiger charge is 2.33. The van der Waals surface area contributed by atoms with E-state index >= 15 is 0 Å². The predicted octanol–water partition coefficient (Wildman–Crippen LogP) is 0.693. The summed E-state index contributed by atoms with van der Waals surface area (Å²) < 4.78 is 14.5. The summed E-state index contributed by atoms with van der Waals surface area (Å²) in [4.78, 5) is 34.3. The van der Waals surface area contributed by atoms with Gasteiger partial charge in [0, 0.05) is 18.0 Å². The Hall–Kier alpha value is -2.03. The summed E-state index contributed by atoms with van der Waals surface area (Å²) >= 11 is 0.769. The molecule has 0 saturated carbocycles. The SMILES string of the molecule is CCOC(=O)N1N=C(C(=O)OC)/C(=C\C(=O)OC)S1. The van der Waals surface area contributed by atoms with Crippen molar-refractivity contribution in [3.63, 3.8) is 0 Å². The molecule has 1 heterocycles. The molecule has 0 aromatic heterocycles. The van der Waals surface area contributed by atoms with Gasteiger partial charge in [-0.25, -0.2) is 14.4 Å². The average molecular weight is 288 g/mol. The van der Waals surface area contributed by atoms with Crippen LogP contribution in [0.5, 0.6) is 0 Å². The third-order valence-electron chi connectivity index (χ3n) is 1.86. The van der Waals surface area contributed by atoms with Gasteiger partial charge in [-0.05, 0) is 6.92 Å². The summed E-state index contributed by atoms with van der Waals surface area (Å²) in [5.41, 5.74) is -0.161. The molecule has 0 fully saturated rings. The number of nitrogens with zero attached hydrogens (tertiary/aromatic N) is 2. The fraction of sp³-hybridized carbons (Fsp3) is 0.400. The molecule has 1 amide bonds. The van der Waals surface area contributed by atoms with Crippen molar-refractivity contribution < 1.29 is 28.6 Å². The number of ether oxygens (including phenoxy) is 3. The number of carbonyl (C=O) groups is 3. The predicted molar refractivity (Wildman–Crippen MR) is 66.0 cm³/mol. The van der Waals surface area contributed by atoms with E-state index in [0.717, 1.165) is 29.5 Å². The molecule has 0 radical (unpaired) electrons. The van der Waals surface area contributed by atoms with Gasteiger partial charge in [-0.1, -0.05) is 0 Å². The Morgan fingerprint density at radius 3 is 2.53 bits per heavy atom. The average Bonchev–Trinajstić information content (AvgIpc) is 2.82. The van der Waals surface area contributed by atoms with Crippen LogP contribution in [0, 0.1) is 0 Å². The number of hydrogen-bond acceptors (Lipinski definition) is 8. The number of hydrazone groups is 1. The van der Waals surface area contributed by atoms with Crippen LogP contribution in [0.3, 0.4) is 0 Å². The van der Waals surface area contributed by atoms with Crippen molar-refractivity contribution in [2.45, 2.75) is 6.92 Å². The first-order valence-electron chi connectivity index (χ1n) is 5.15. The first-order chi connectivity index (χ1) is 9.03. The molecule has 9 heteroatoms. The molecule has 0 unspecified atom stereocenters. The summed E-state index contributed by atoms with van der Waals surface area (Å²) in [7, 11) is 2.36. The molecule has 104 valence electrons. The summed E-state index contributed by atoms with van der Waals surface area (Å²) in [6.07, 6.45) is 0.293. The highest BCUT2D eigenvalue weighted by atomic mass is 32.2. The van der Waals surface area contributed by atoms with Gasteiger partial charge in [0.05, 0.1) is 25.7 Å². The zero-order valence-electron chi connectivity index (χ0n) is 10.5. The molecule has 1 aliphatic heterocycles. The molecule has 0 N–H and O–H groups in total. The monoisotopic (exact) mass is 288 g/mol. The smallest absolute Gasteiger partial charge is 0.441 e. The van der Waals surface area contributed by atoms with Gasteiger partial charge in [0.1, 0.15) is 0 Å². The number of methoxy groups -OCH3 is 2. The molecule has 0 aromatic carbocycles. The lowest BCUT2D eigenvalue weighted by Crippen LogP contribution is -2.18. The molecule has 0 spiro atoms. The van der Waals surface area contributed by atoms with Crippen molar-refractivity contribution >= 4 is 35.7 Å². The van der Waals surface area contributed by atoms with Gasteiger partial charge in [-0.2, -0.15) is 0 Å². The molecule has 0 atom stereocenters. The maximum Gasteiger partial charge on any atom is 0.441 e. The Labute approximate surface area is 113 Å². The van der Waals surface area contributed by atoms with E-state index in [1.165, 1.54) is 7.11 Å². The molecule has 1 rings (SSSR count). The standard InChI is InChI=1S/C10H12N2O6S/c1-4-18-10(15)12-11-8(9(14)17-3)6(19-12)5-7(13)16-2/h5H,4H2,1-3H3/b6-5+. The van der Waals surface area contributed by atoms with E-state index in [1.54, 1.807) is 6.92 Å². The number of hydrogen-bond donors (Lipinski definition) is 0. The van der Waals surface area contributed by atoms with Gasteiger partial charge in [0.15, 0.2) is 5.71 Å². The Morgan fingerprint density at radius 2 is 2.00 bits per heavy atom. The van der Waals surface area contributed by atoms with Gasteiger partial charge < -0.3 is 14.2 Å². The maximum atomic E-state index is 11.5. The summed E-state index contributed by atoms with van der Waals surface area (Å²) in [5, 5.41) is 3.73. The molecule has 0 saturated heterocycles.